The average molecular weight is 976 g/mol. The second kappa shape index (κ2) is 54.2. The molecule has 0 heterocycles. The van der Waals surface area contributed by atoms with Crippen LogP contribution in [0.2, 0.25) is 0 Å². The molecule has 1 unspecified atom stereocenters. The van der Waals surface area contributed by atoms with Crippen LogP contribution in [0, 0.1) is 17.8 Å². The molecule has 0 N–H and O–H groups in total. The van der Waals surface area contributed by atoms with E-state index in [-0.39, 0.29) is 31.1 Å². The number of carbonyl (C=O) groups is 3. The fourth-order valence-electron chi connectivity index (χ4n) is 9.67. The second-order valence-corrected chi connectivity index (χ2v) is 22.9. The van der Waals surface area contributed by atoms with Crippen LogP contribution in [0.25, 0.3) is 0 Å². The Labute approximate surface area is 431 Å². The average Bonchev–Trinajstić information content (AvgIpc) is 3.32. The highest BCUT2D eigenvalue weighted by Gasteiger charge is 2.19. The third-order valence-electron chi connectivity index (χ3n) is 14.8. The van der Waals surface area contributed by atoms with Crippen LogP contribution in [0.5, 0.6) is 0 Å². The number of ether oxygens (including phenoxy) is 3. The molecule has 0 fully saturated rings. The van der Waals surface area contributed by atoms with E-state index in [0.717, 1.165) is 75.5 Å². The first kappa shape index (κ1) is 67.4. The first-order valence-electron chi connectivity index (χ1n) is 31.1. The molecule has 0 aromatic heterocycles. The second-order valence-electron chi connectivity index (χ2n) is 22.9. The molecule has 6 nitrogen and oxygen atoms in total. The fraction of sp³-hybridized carbons (Fsp3) is 0.952. The minimum absolute atomic E-state index is 0.0632. The molecule has 0 aliphatic rings. The van der Waals surface area contributed by atoms with Gasteiger partial charge in [-0.15, -0.1) is 0 Å². The molecule has 0 amide bonds. The minimum Gasteiger partial charge on any atom is -0.462 e. The van der Waals surface area contributed by atoms with Gasteiger partial charge in [-0.3, -0.25) is 14.4 Å². The van der Waals surface area contributed by atoms with Gasteiger partial charge in [0.05, 0.1) is 0 Å². The molecule has 0 aliphatic heterocycles. The van der Waals surface area contributed by atoms with E-state index in [0.29, 0.717) is 19.3 Å². The standard InChI is InChI=1S/C63H122O6/c1-7-59(6)51-45-39-33-29-30-35-41-47-53-62(65)68-56-60(55-67-61(64)52-46-40-34-27-23-19-16-12-14-18-22-26-32-38-44-50-58(4)5)69-63(66)54-48-42-36-28-24-20-15-11-9-8-10-13-17-21-25-31-37-43-49-57(2)3/h57-60H,7-56H2,1-6H3/t59?,60-/m1/s1. The van der Waals surface area contributed by atoms with Crippen molar-refractivity contribution in [3.63, 3.8) is 0 Å². The number of esters is 3. The lowest BCUT2D eigenvalue weighted by molar-refractivity contribution is -0.167. The zero-order chi connectivity index (χ0) is 50.5. The molecule has 2 atom stereocenters. The van der Waals surface area contributed by atoms with Gasteiger partial charge >= 0.3 is 17.9 Å². The Morgan fingerprint density at radius 1 is 0.290 bits per heavy atom. The first-order chi connectivity index (χ1) is 33.6. The molecule has 0 aromatic carbocycles. The van der Waals surface area contributed by atoms with Crippen molar-refractivity contribution >= 4 is 17.9 Å². The van der Waals surface area contributed by atoms with Gasteiger partial charge in [0, 0.05) is 19.3 Å². The Kier molecular flexibility index (Phi) is 52.9. The Morgan fingerprint density at radius 2 is 0.507 bits per heavy atom. The summed E-state index contributed by atoms with van der Waals surface area (Å²) >= 11 is 0. The van der Waals surface area contributed by atoms with Crippen molar-refractivity contribution in [1.29, 1.82) is 0 Å². The molecule has 0 spiro atoms. The lowest BCUT2D eigenvalue weighted by Crippen LogP contribution is -2.30. The summed E-state index contributed by atoms with van der Waals surface area (Å²) in [5.74, 6) is 1.72. The molecule has 0 aromatic rings. The molecule has 69 heavy (non-hydrogen) atoms. The van der Waals surface area contributed by atoms with Crippen molar-refractivity contribution < 1.29 is 28.6 Å². The summed E-state index contributed by atoms with van der Waals surface area (Å²) in [6.45, 7) is 13.8. The van der Waals surface area contributed by atoms with Crippen molar-refractivity contribution in [3.8, 4) is 0 Å². The molecule has 410 valence electrons. The number of hydrogen-bond donors (Lipinski definition) is 0. The van der Waals surface area contributed by atoms with E-state index in [1.807, 2.05) is 0 Å². The predicted octanol–water partition coefficient (Wildman–Crippen LogP) is 20.7. The van der Waals surface area contributed by atoms with E-state index >= 15 is 0 Å². The summed E-state index contributed by atoms with van der Waals surface area (Å²) < 4.78 is 16.9. The van der Waals surface area contributed by atoms with E-state index in [1.165, 1.54) is 231 Å². The van der Waals surface area contributed by atoms with E-state index in [2.05, 4.69) is 41.5 Å². The van der Waals surface area contributed by atoms with Gasteiger partial charge in [-0.2, -0.15) is 0 Å². The van der Waals surface area contributed by atoms with Crippen molar-refractivity contribution in [3.05, 3.63) is 0 Å². The van der Waals surface area contributed by atoms with Gasteiger partial charge in [-0.25, -0.2) is 0 Å². The van der Waals surface area contributed by atoms with Crippen molar-refractivity contribution in [1.82, 2.24) is 0 Å². The fourth-order valence-corrected chi connectivity index (χ4v) is 9.67. The van der Waals surface area contributed by atoms with Crippen LogP contribution in [-0.4, -0.2) is 37.2 Å². The summed E-state index contributed by atoms with van der Waals surface area (Å²) in [7, 11) is 0. The summed E-state index contributed by atoms with van der Waals surface area (Å²) in [5.41, 5.74) is 0. The normalized spacial score (nSPS) is 12.5. The van der Waals surface area contributed by atoms with Crippen LogP contribution in [0.15, 0.2) is 0 Å². The Balaban J connectivity index is 4.25. The van der Waals surface area contributed by atoms with Crippen LogP contribution in [0.3, 0.4) is 0 Å². The maximum Gasteiger partial charge on any atom is 0.306 e. The van der Waals surface area contributed by atoms with E-state index in [9.17, 15) is 14.4 Å². The molecule has 0 saturated heterocycles. The van der Waals surface area contributed by atoms with E-state index in [4.69, 9.17) is 14.2 Å². The van der Waals surface area contributed by atoms with E-state index in [1.54, 1.807) is 0 Å². The molecule has 0 rings (SSSR count). The molecule has 6 heteroatoms. The summed E-state index contributed by atoms with van der Waals surface area (Å²) in [6.07, 6.45) is 58.1. The number of carbonyl (C=O) groups excluding carboxylic acids is 3. The molecule has 0 radical (unpaired) electrons. The van der Waals surface area contributed by atoms with Gasteiger partial charge in [0.1, 0.15) is 13.2 Å². The van der Waals surface area contributed by atoms with Crippen LogP contribution in [-0.2, 0) is 28.6 Å². The summed E-state index contributed by atoms with van der Waals surface area (Å²) in [6, 6.07) is 0. The summed E-state index contributed by atoms with van der Waals surface area (Å²) in [4.78, 5) is 38.2. The van der Waals surface area contributed by atoms with Crippen molar-refractivity contribution in [2.45, 2.75) is 356 Å². The predicted molar refractivity (Wildman–Crippen MR) is 298 cm³/mol. The zero-order valence-corrected chi connectivity index (χ0v) is 47.6. The Bertz CT molecular complexity index is 1070. The largest absolute Gasteiger partial charge is 0.462 e. The number of rotatable bonds is 56. The lowest BCUT2D eigenvalue weighted by Gasteiger charge is -2.18. The van der Waals surface area contributed by atoms with Gasteiger partial charge in [0.15, 0.2) is 6.10 Å². The third-order valence-corrected chi connectivity index (χ3v) is 14.8. The maximum absolute atomic E-state index is 12.9. The highest BCUT2D eigenvalue weighted by atomic mass is 16.6. The highest BCUT2D eigenvalue weighted by Crippen LogP contribution is 2.19. The highest BCUT2D eigenvalue weighted by molar-refractivity contribution is 5.71. The number of unbranched alkanes of at least 4 members (excludes halogenated alkanes) is 38. The monoisotopic (exact) mass is 975 g/mol. The number of hydrogen-bond acceptors (Lipinski definition) is 6. The van der Waals surface area contributed by atoms with Crippen LogP contribution >= 0.6 is 0 Å². The van der Waals surface area contributed by atoms with E-state index < -0.39 is 6.10 Å². The van der Waals surface area contributed by atoms with Crippen LogP contribution in [0.1, 0.15) is 350 Å². The molecular formula is C63H122O6. The summed E-state index contributed by atoms with van der Waals surface area (Å²) in [5, 5.41) is 0. The third kappa shape index (κ3) is 55.6. The Morgan fingerprint density at radius 3 is 0.754 bits per heavy atom. The van der Waals surface area contributed by atoms with Crippen LogP contribution in [0.4, 0.5) is 0 Å². The quantitative estimate of drug-likeness (QED) is 0.0343. The smallest absolute Gasteiger partial charge is 0.306 e. The minimum atomic E-state index is -0.764. The van der Waals surface area contributed by atoms with Gasteiger partial charge in [-0.05, 0) is 37.0 Å². The van der Waals surface area contributed by atoms with Crippen LogP contribution < -0.4 is 0 Å². The molecule has 0 bridgehead atoms. The first-order valence-corrected chi connectivity index (χ1v) is 31.1. The van der Waals surface area contributed by atoms with Crippen molar-refractivity contribution in [2.24, 2.45) is 17.8 Å². The molecular weight excluding hydrogens is 853 g/mol. The van der Waals surface area contributed by atoms with Gasteiger partial charge < -0.3 is 14.2 Å². The Hall–Kier alpha value is -1.59. The topological polar surface area (TPSA) is 78.9 Å². The maximum atomic E-state index is 12.9. The molecule has 0 aliphatic carbocycles. The molecule has 0 saturated carbocycles. The lowest BCUT2D eigenvalue weighted by atomic mass is 9.99. The SMILES string of the molecule is CCC(C)CCCCCCCCCCC(=O)OC[C@@H](COC(=O)CCCCCCCCCCCCCCCCCC(C)C)OC(=O)CCCCCCCCCCCCCCCCCCCCC(C)C. The van der Waals surface area contributed by atoms with Gasteiger partial charge in [0.25, 0.3) is 0 Å². The van der Waals surface area contributed by atoms with Gasteiger partial charge in [0.2, 0.25) is 0 Å². The van der Waals surface area contributed by atoms with Crippen molar-refractivity contribution in [2.75, 3.05) is 13.2 Å². The zero-order valence-electron chi connectivity index (χ0n) is 47.6. The van der Waals surface area contributed by atoms with Gasteiger partial charge in [-0.1, -0.05) is 311 Å².